The van der Waals surface area contributed by atoms with Gasteiger partial charge in [-0.25, -0.2) is 0 Å². The van der Waals surface area contributed by atoms with Crippen LogP contribution in [0.2, 0.25) is 0 Å². The van der Waals surface area contributed by atoms with E-state index in [4.69, 9.17) is 5.73 Å². The van der Waals surface area contributed by atoms with E-state index in [-0.39, 0.29) is 0 Å². The lowest BCUT2D eigenvalue weighted by molar-refractivity contribution is 0.198. The SMILES string of the molecule is CCCN(C)C(CCN)NCC. The fourth-order valence-corrected chi connectivity index (χ4v) is 1.38. The highest BCUT2D eigenvalue weighted by Crippen LogP contribution is 1.97. The van der Waals surface area contributed by atoms with Crippen LogP contribution in [-0.4, -0.2) is 37.7 Å². The summed E-state index contributed by atoms with van der Waals surface area (Å²) in [5.74, 6) is 0. The molecule has 1 atom stereocenters. The molecule has 74 valence electrons. The van der Waals surface area contributed by atoms with Crippen LogP contribution in [0, 0.1) is 0 Å². The standard InChI is InChI=1S/C9H23N3/c1-4-8-12(3)9(6-7-10)11-5-2/h9,11H,4-8,10H2,1-3H3. The average molecular weight is 173 g/mol. The van der Waals surface area contributed by atoms with Crippen molar-refractivity contribution in [3.63, 3.8) is 0 Å². The summed E-state index contributed by atoms with van der Waals surface area (Å²) in [4.78, 5) is 2.33. The highest BCUT2D eigenvalue weighted by Gasteiger charge is 2.10. The maximum absolute atomic E-state index is 5.53. The molecule has 0 saturated heterocycles. The maximum atomic E-state index is 5.53. The molecule has 0 aliphatic carbocycles. The number of hydrogen-bond acceptors (Lipinski definition) is 3. The van der Waals surface area contributed by atoms with Gasteiger partial charge in [-0.3, -0.25) is 4.90 Å². The normalized spacial score (nSPS) is 13.8. The topological polar surface area (TPSA) is 41.3 Å². The fourth-order valence-electron chi connectivity index (χ4n) is 1.38. The highest BCUT2D eigenvalue weighted by atomic mass is 15.2. The van der Waals surface area contributed by atoms with Gasteiger partial charge in [-0.05, 0) is 39.5 Å². The third kappa shape index (κ3) is 4.70. The van der Waals surface area contributed by atoms with Crippen molar-refractivity contribution in [3.8, 4) is 0 Å². The van der Waals surface area contributed by atoms with Crippen molar-refractivity contribution in [2.75, 3.05) is 26.7 Å². The summed E-state index contributed by atoms with van der Waals surface area (Å²) in [5.41, 5.74) is 5.53. The predicted molar refractivity (Wildman–Crippen MR) is 54.1 cm³/mol. The molecule has 0 aromatic carbocycles. The summed E-state index contributed by atoms with van der Waals surface area (Å²) in [6.07, 6.45) is 2.69. The first-order chi connectivity index (χ1) is 5.76. The van der Waals surface area contributed by atoms with Gasteiger partial charge in [0, 0.05) is 0 Å². The molecule has 0 fully saturated rings. The first-order valence-corrected chi connectivity index (χ1v) is 4.89. The highest BCUT2D eigenvalue weighted by molar-refractivity contribution is 4.65. The van der Waals surface area contributed by atoms with Crippen LogP contribution in [0.3, 0.4) is 0 Å². The van der Waals surface area contributed by atoms with Gasteiger partial charge in [-0.1, -0.05) is 13.8 Å². The Kier molecular flexibility index (Phi) is 7.45. The van der Waals surface area contributed by atoms with E-state index in [9.17, 15) is 0 Å². The molecule has 12 heavy (non-hydrogen) atoms. The Labute approximate surface area is 76.3 Å². The quantitative estimate of drug-likeness (QED) is 0.554. The lowest BCUT2D eigenvalue weighted by Crippen LogP contribution is -2.44. The molecule has 3 heteroatoms. The second-order valence-electron chi connectivity index (χ2n) is 3.13. The molecule has 3 N–H and O–H groups in total. The summed E-state index contributed by atoms with van der Waals surface area (Å²) < 4.78 is 0. The Morgan fingerprint density at radius 1 is 1.42 bits per heavy atom. The minimum Gasteiger partial charge on any atom is -0.330 e. The minimum atomic E-state index is 0.458. The Balaban J connectivity index is 3.72. The number of nitrogens with two attached hydrogens (primary N) is 1. The molecule has 0 aromatic heterocycles. The number of nitrogens with zero attached hydrogens (tertiary/aromatic N) is 1. The van der Waals surface area contributed by atoms with Gasteiger partial charge < -0.3 is 11.1 Å². The van der Waals surface area contributed by atoms with E-state index in [1.165, 1.54) is 6.42 Å². The van der Waals surface area contributed by atoms with Crippen molar-refractivity contribution in [1.29, 1.82) is 0 Å². The zero-order valence-electron chi connectivity index (χ0n) is 8.64. The molecule has 0 rings (SSSR count). The van der Waals surface area contributed by atoms with E-state index in [0.29, 0.717) is 6.17 Å². The largest absolute Gasteiger partial charge is 0.330 e. The van der Waals surface area contributed by atoms with Crippen LogP contribution in [0.4, 0.5) is 0 Å². The monoisotopic (exact) mass is 173 g/mol. The second kappa shape index (κ2) is 7.53. The summed E-state index contributed by atoms with van der Waals surface area (Å²) in [7, 11) is 2.15. The zero-order chi connectivity index (χ0) is 9.40. The fraction of sp³-hybridized carbons (Fsp3) is 1.00. The smallest absolute Gasteiger partial charge is 0.0606 e. The van der Waals surface area contributed by atoms with Gasteiger partial charge in [0.25, 0.3) is 0 Å². The molecule has 0 bridgehead atoms. The van der Waals surface area contributed by atoms with Gasteiger partial charge in [0.2, 0.25) is 0 Å². The first-order valence-electron chi connectivity index (χ1n) is 4.89. The Morgan fingerprint density at radius 2 is 2.08 bits per heavy atom. The summed E-state index contributed by atoms with van der Waals surface area (Å²) in [6.45, 7) is 7.23. The van der Waals surface area contributed by atoms with Crippen LogP contribution in [0.5, 0.6) is 0 Å². The van der Waals surface area contributed by atoms with Gasteiger partial charge >= 0.3 is 0 Å². The maximum Gasteiger partial charge on any atom is 0.0606 e. The van der Waals surface area contributed by atoms with Gasteiger partial charge in [0.05, 0.1) is 6.17 Å². The van der Waals surface area contributed by atoms with E-state index in [1.54, 1.807) is 0 Å². The van der Waals surface area contributed by atoms with Gasteiger partial charge in [0.1, 0.15) is 0 Å². The van der Waals surface area contributed by atoms with Crippen molar-refractivity contribution in [1.82, 2.24) is 10.2 Å². The van der Waals surface area contributed by atoms with Gasteiger partial charge in [-0.15, -0.1) is 0 Å². The molecule has 0 aromatic rings. The molecule has 0 spiro atoms. The van der Waals surface area contributed by atoms with Crippen molar-refractivity contribution in [2.24, 2.45) is 5.73 Å². The molecule has 3 nitrogen and oxygen atoms in total. The average Bonchev–Trinajstić information content (AvgIpc) is 2.04. The summed E-state index contributed by atoms with van der Waals surface area (Å²) in [5, 5.41) is 3.41. The molecule has 0 aliphatic heterocycles. The molecule has 1 unspecified atom stereocenters. The Hall–Kier alpha value is -0.120. The molecular weight excluding hydrogens is 150 g/mol. The zero-order valence-corrected chi connectivity index (χ0v) is 8.64. The van der Waals surface area contributed by atoms with Crippen LogP contribution in [-0.2, 0) is 0 Å². The van der Waals surface area contributed by atoms with Crippen LogP contribution < -0.4 is 11.1 Å². The second-order valence-corrected chi connectivity index (χ2v) is 3.13. The third-order valence-corrected chi connectivity index (χ3v) is 1.99. The van der Waals surface area contributed by atoms with Crippen LogP contribution in [0.15, 0.2) is 0 Å². The number of nitrogens with one attached hydrogen (secondary N) is 1. The molecule has 0 amide bonds. The van der Waals surface area contributed by atoms with Crippen molar-refractivity contribution in [3.05, 3.63) is 0 Å². The Bertz CT molecular complexity index is 89.8. The molecule has 0 aliphatic rings. The van der Waals surface area contributed by atoms with E-state index >= 15 is 0 Å². The van der Waals surface area contributed by atoms with E-state index in [0.717, 1.165) is 26.1 Å². The molecule has 0 heterocycles. The summed E-state index contributed by atoms with van der Waals surface area (Å²) >= 11 is 0. The molecular formula is C9H23N3. The van der Waals surface area contributed by atoms with E-state index < -0.39 is 0 Å². The first kappa shape index (κ1) is 11.9. The van der Waals surface area contributed by atoms with Crippen molar-refractivity contribution >= 4 is 0 Å². The van der Waals surface area contributed by atoms with Crippen LogP contribution >= 0.6 is 0 Å². The Morgan fingerprint density at radius 3 is 2.50 bits per heavy atom. The van der Waals surface area contributed by atoms with Crippen molar-refractivity contribution < 1.29 is 0 Å². The number of hydrogen-bond donors (Lipinski definition) is 2. The lowest BCUT2D eigenvalue weighted by atomic mass is 10.3. The predicted octanol–water partition coefficient (Wildman–Crippen LogP) is 0.613. The molecule has 0 radical (unpaired) electrons. The van der Waals surface area contributed by atoms with Crippen LogP contribution in [0.1, 0.15) is 26.7 Å². The van der Waals surface area contributed by atoms with Crippen molar-refractivity contribution in [2.45, 2.75) is 32.9 Å². The number of rotatable bonds is 7. The van der Waals surface area contributed by atoms with Gasteiger partial charge in [0.15, 0.2) is 0 Å². The van der Waals surface area contributed by atoms with E-state index in [1.807, 2.05) is 0 Å². The molecule has 0 saturated carbocycles. The van der Waals surface area contributed by atoms with Gasteiger partial charge in [-0.2, -0.15) is 0 Å². The third-order valence-electron chi connectivity index (χ3n) is 1.99. The van der Waals surface area contributed by atoms with E-state index in [2.05, 4.69) is 31.1 Å². The van der Waals surface area contributed by atoms with Crippen LogP contribution in [0.25, 0.3) is 0 Å². The minimum absolute atomic E-state index is 0.458. The lowest BCUT2D eigenvalue weighted by Gasteiger charge is -2.27. The summed E-state index contributed by atoms with van der Waals surface area (Å²) in [6, 6.07) is 0.